The van der Waals surface area contributed by atoms with Crippen LogP contribution in [-0.2, 0) is 17.9 Å². The Bertz CT molecular complexity index is 692. The van der Waals surface area contributed by atoms with Crippen LogP contribution in [0.1, 0.15) is 20.8 Å². The lowest BCUT2D eigenvalue weighted by molar-refractivity contribution is -0.392. The van der Waals surface area contributed by atoms with Crippen molar-refractivity contribution in [2.45, 2.75) is 33.9 Å². The summed E-state index contributed by atoms with van der Waals surface area (Å²) >= 11 is 0. The largest absolute Gasteiger partial charge is 0.358 e. The van der Waals surface area contributed by atoms with Crippen LogP contribution < -0.4 is 5.32 Å². The van der Waals surface area contributed by atoms with Crippen molar-refractivity contribution in [2.24, 2.45) is 0 Å². The molecule has 138 valence electrons. The third-order valence-corrected chi connectivity index (χ3v) is 2.92. The average Bonchev–Trinajstić information content (AvgIpc) is 3.25. The number of nitrogens with zero attached hydrogens (tertiary/aromatic N) is 4. The number of aryl methyl sites for hydroxylation is 1. The maximum atomic E-state index is 10.9. The Balaban J connectivity index is 0.000000430. The fraction of sp³-hybridized carbons (Fsp3) is 0.400. The van der Waals surface area contributed by atoms with E-state index >= 15 is 0 Å². The first-order valence-electron chi connectivity index (χ1n) is 7.70. The van der Waals surface area contributed by atoms with Gasteiger partial charge in [0.1, 0.15) is 0 Å². The molecule has 25 heavy (non-hydrogen) atoms. The van der Waals surface area contributed by atoms with Gasteiger partial charge in [0.2, 0.25) is 0 Å². The number of hydrogen-bond donors (Lipinski definition) is 1. The highest BCUT2D eigenvalue weighted by atomic mass is 16.6. The second-order valence-corrected chi connectivity index (χ2v) is 4.33. The number of nitro groups is 2. The molecule has 0 unspecified atom stereocenters. The minimum absolute atomic E-state index is 0.0280. The predicted molar refractivity (Wildman–Crippen MR) is 93.3 cm³/mol. The Labute approximate surface area is 145 Å². The summed E-state index contributed by atoms with van der Waals surface area (Å²) in [5.41, 5.74) is 0. The molecule has 0 radical (unpaired) electrons. The summed E-state index contributed by atoms with van der Waals surface area (Å²) in [7, 11) is 1.48. The summed E-state index contributed by atoms with van der Waals surface area (Å²) in [6.45, 7) is 6.48. The second kappa shape index (κ2) is 11.4. The summed E-state index contributed by atoms with van der Waals surface area (Å²) in [5, 5.41) is 23.0. The van der Waals surface area contributed by atoms with E-state index in [4.69, 9.17) is 0 Å². The molecule has 1 N–H and O–H groups in total. The van der Waals surface area contributed by atoms with E-state index in [0.717, 1.165) is 0 Å². The van der Waals surface area contributed by atoms with E-state index in [9.17, 15) is 25.0 Å². The van der Waals surface area contributed by atoms with Crippen molar-refractivity contribution in [1.82, 2.24) is 14.5 Å². The molecular weight excluding hydrogens is 330 g/mol. The average molecular weight is 353 g/mol. The van der Waals surface area contributed by atoms with Crippen LogP contribution in [-0.4, -0.2) is 31.9 Å². The predicted octanol–water partition coefficient (Wildman–Crippen LogP) is 2.58. The van der Waals surface area contributed by atoms with Gasteiger partial charge in [-0.05, 0) is 28.9 Å². The molecule has 0 aromatic carbocycles. The van der Waals surface area contributed by atoms with E-state index < -0.39 is 4.92 Å². The van der Waals surface area contributed by atoms with E-state index in [-0.39, 0.29) is 29.0 Å². The summed E-state index contributed by atoms with van der Waals surface area (Å²) in [4.78, 5) is 30.6. The molecule has 0 spiro atoms. The molecule has 2 aromatic rings. The number of likely N-dealkylation sites (N-methyl/N-ethyl adjacent to an activating group) is 1. The van der Waals surface area contributed by atoms with Crippen molar-refractivity contribution in [2.75, 3.05) is 7.05 Å². The zero-order valence-electron chi connectivity index (χ0n) is 14.7. The molecular formula is C15H23N5O5. The highest BCUT2D eigenvalue weighted by Gasteiger charge is 2.13. The Kier molecular flexibility index (Phi) is 9.94. The van der Waals surface area contributed by atoms with Gasteiger partial charge >= 0.3 is 11.6 Å². The summed E-state index contributed by atoms with van der Waals surface area (Å²) in [6, 6.07) is 6.04. The van der Waals surface area contributed by atoms with Gasteiger partial charge in [-0.1, -0.05) is 13.8 Å². The van der Waals surface area contributed by atoms with Crippen molar-refractivity contribution in [1.29, 1.82) is 0 Å². The molecule has 0 aliphatic rings. The van der Waals surface area contributed by atoms with Gasteiger partial charge in [-0.2, -0.15) is 0 Å². The maximum absolute atomic E-state index is 10.9. The van der Waals surface area contributed by atoms with Crippen molar-refractivity contribution in [3.8, 4) is 0 Å². The Morgan fingerprint density at radius 1 is 1.04 bits per heavy atom. The number of aromatic nitrogens is 2. The van der Waals surface area contributed by atoms with Gasteiger partial charge in [0.15, 0.2) is 6.54 Å². The molecule has 0 saturated heterocycles. The first-order chi connectivity index (χ1) is 11.9. The van der Waals surface area contributed by atoms with Gasteiger partial charge in [-0.3, -0.25) is 4.79 Å². The van der Waals surface area contributed by atoms with Gasteiger partial charge in [0.25, 0.3) is 5.91 Å². The number of amides is 1. The minimum Gasteiger partial charge on any atom is -0.358 e. The van der Waals surface area contributed by atoms with Gasteiger partial charge in [0.05, 0.1) is 18.9 Å². The van der Waals surface area contributed by atoms with Crippen molar-refractivity contribution >= 4 is 17.5 Å². The zero-order chi connectivity index (χ0) is 19.4. The Hall–Kier alpha value is -3.17. The standard InChI is InChI=1S/C7H9N3O3.C6H8N2O2.C2H6/c1-8-6(11)5-9-4-2-3-7(9)10(12)13;1-2-7-5-3-4-6(7)8(9)10;1-2/h2-4H,5H2,1H3,(H,8,11);3-5H,2H2,1H3;1-2H3. The number of nitrogens with one attached hydrogen (secondary N) is 1. The third kappa shape index (κ3) is 6.85. The quantitative estimate of drug-likeness (QED) is 0.653. The Morgan fingerprint density at radius 2 is 1.48 bits per heavy atom. The van der Waals surface area contributed by atoms with Crippen LogP contribution in [0.3, 0.4) is 0 Å². The molecule has 0 aliphatic carbocycles. The molecule has 0 saturated carbocycles. The monoisotopic (exact) mass is 353 g/mol. The number of carbonyl (C=O) groups is 1. The molecule has 0 aliphatic heterocycles. The lowest BCUT2D eigenvalue weighted by Crippen LogP contribution is -2.23. The fourth-order valence-electron chi connectivity index (χ4n) is 1.78. The van der Waals surface area contributed by atoms with Crippen LogP contribution in [0.25, 0.3) is 0 Å². The first kappa shape index (κ1) is 21.8. The first-order valence-corrected chi connectivity index (χ1v) is 7.70. The lowest BCUT2D eigenvalue weighted by Gasteiger charge is -1.99. The smallest absolute Gasteiger partial charge is 0.323 e. The molecule has 0 bridgehead atoms. The SMILES string of the molecule is CC.CCn1cccc1[N+](=O)[O-].CNC(=O)Cn1cccc1[N+](=O)[O-]. The second-order valence-electron chi connectivity index (χ2n) is 4.33. The normalized spacial score (nSPS) is 9.12. The van der Waals surface area contributed by atoms with E-state index in [1.807, 2.05) is 20.8 Å². The molecule has 10 nitrogen and oxygen atoms in total. The van der Waals surface area contributed by atoms with Crippen LogP contribution >= 0.6 is 0 Å². The molecule has 1 amide bonds. The van der Waals surface area contributed by atoms with E-state index in [0.29, 0.717) is 6.54 Å². The van der Waals surface area contributed by atoms with Crippen molar-refractivity contribution in [3.05, 3.63) is 56.9 Å². The van der Waals surface area contributed by atoms with Crippen LogP contribution in [0.5, 0.6) is 0 Å². The minimum atomic E-state index is -0.525. The number of rotatable bonds is 5. The van der Waals surface area contributed by atoms with Gasteiger partial charge in [-0.25, -0.2) is 9.13 Å². The highest BCUT2D eigenvalue weighted by Crippen LogP contribution is 2.11. The molecule has 0 fully saturated rings. The maximum Gasteiger partial charge on any atom is 0.323 e. The molecule has 2 aromatic heterocycles. The van der Waals surface area contributed by atoms with Crippen LogP contribution in [0, 0.1) is 20.2 Å². The topological polar surface area (TPSA) is 125 Å². The van der Waals surface area contributed by atoms with Crippen LogP contribution in [0.15, 0.2) is 36.7 Å². The van der Waals surface area contributed by atoms with Gasteiger partial charge in [-0.15, -0.1) is 0 Å². The fourth-order valence-corrected chi connectivity index (χ4v) is 1.78. The van der Waals surface area contributed by atoms with Crippen LogP contribution in [0.2, 0.25) is 0 Å². The summed E-state index contributed by atoms with van der Waals surface area (Å²) < 4.78 is 2.86. The third-order valence-electron chi connectivity index (χ3n) is 2.92. The lowest BCUT2D eigenvalue weighted by atomic mass is 10.5. The van der Waals surface area contributed by atoms with E-state index in [2.05, 4.69) is 5.32 Å². The van der Waals surface area contributed by atoms with Crippen molar-refractivity contribution < 1.29 is 14.6 Å². The molecule has 2 heterocycles. The summed E-state index contributed by atoms with van der Waals surface area (Å²) in [5.74, 6) is -0.189. The Morgan fingerprint density at radius 3 is 1.84 bits per heavy atom. The highest BCUT2D eigenvalue weighted by molar-refractivity contribution is 5.75. The van der Waals surface area contributed by atoms with Gasteiger partial charge in [0, 0.05) is 19.2 Å². The van der Waals surface area contributed by atoms with Gasteiger partial charge < -0.3 is 25.5 Å². The number of carbonyl (C=O) groups excluding carboxylic acids is 1. The zero-order valence-corrected chi connectivity index (χ0v) is 14.7. The molecule has 2 rings (SSSR count). The van der Waals surface area contributed by atoms with E-state index in [1.54, 1.807) is 16.8 Å². The van der Waals surface area contributed by atoms with Crippen molar-refractivity contribution in [3.63, 3.8) is 0 Å². The molecule has 10 heteroatoms. The summed E-state index contributed by atoms with van der Waals surface area (Å²) in [6.07, 6.45) is 3.19. The molecule has 0 atom stereocenters. The van der Waals surface area contributed by atoms with E-state index in [1.165, 1.54) is 36.0 Å². The number of hydrogen-bond acceptors (Lipinski definition) is 5. The van der Waals surface area contributed by atoms with Crippen LogP contribution in [0.4, 0.5) is 11.6 Å².